The van der Waals surface area contributed by atoms with E-state index in [4.69, 9.17) is 5.53 Å². The van der Waals surface area contributed by atoms with Gasteiger partial charge < -0.3 is 10.0 Å². The fourth-order valence-corrected chi connectivity index (χ4v) is 1.95. The molecule has 1 fully saturated rings. The van der Waals surface area contributed by atoms with Crippen LogP contribution in [-0.4, -0.2) is 49.0 Å². The Morgan fingerprint density at radius 1 is 1.60 bits per heavy atom. The van der Waals surface area contributed by atoms with Crippen LogP contribution >= 0.6 is 0 Å². The number of hydrogen-bond donors (Lipinski definition) is 1. The molecule has 0 aromatic carbocycles. The Morgan fingerprint density at radius 3 is 3.07 bits per heavy atom. The van der Waals surface area contributed by atoms with Crippen molar-refractivity contribution < 1.29 is 9.50 Å². The summed E-state index contributed by atoms with van der Waals surface area (Å²) in [7, 11) is 0. The van der Waals surface area contributed by atoms with E-state index in [0.29, 0.717) is 32.5 Å². The summed E-state index contributed by atoms with van der Waals surface area (Å²) in [5.74, 6) is 0.0230. The van der Waals surface area contributed by atoms with Crippen LogP contribution < -0.4 is 0 Å². The number of aliphatic hydroxyl groups is 1. The van der Waals surface area contributed by atoms with Gasteiger partial charge in [-0.1, -0.05) is 5.11 Å². The highest BCUT2D eigenvalue weighted by atomic mass is 19.1. The molecule has 86 valence electrons. The third-order valence-electron chi connectivity index (χ3n) is 2.84. The second-order valence-electron chi connectivity index (χ2n) is 3.85. The van der Waals surface area contributed by atoms with Crippen molar-refractivity contribution in [2.75, 3.05) is 32.9 Å². The summed E-state index contributed by atoms with van der Waals surface area (Å²) in [6.45, 7) is 2.25. The van der Waals surface area contributed by atoms with E-state index in [1.54, 1.807) is 0 Å². The number of nitrogens with zero attached hydrogens (tertiary/aromatic N) is 4. The molecule has 1 rings (SSSR count). The second kappa shape index (κ2) is 6.61. The van der Waals surface area contributed by atoms with Gasteiger partial charge in [-0.2, -0.15) is 0 Å². The van der Waals surface area contributed by atoms with Crippen molar-refractivity contribution >= 4 is 0 Å². The molecular formula is C9H17FN4O. The maximum atomic E-state index is 12.2. The van der Waals surface area contributed by atoms with Crippen molar-refractivity contribution in [1.82, 2.24) is 4.90 Å². The summed E-state index contributed by atoms with van der Waals surface area (Å²) in [4.78, 5) is 4.79. The van der Waals surface area contributed by atoms with E-state index < -0.39 is 0 Å². The van der Waals surface area contributed by atoms with E-state index in [1.165, 1.54) is 0 Å². The van der Waals surface area contributed by atoms with Crippen molar-refractivity contribution in [1.29, 1.82) is 0 Å². The van der Waals surface area contributed by atoms with Crippen molar-refractivity contribution in [3.8, 4) is 0 Å². The highest BCUT2D eigenvalue weighted by Gasteiger charge is 2.26. The molecule has 0 aliphatic carbocycles. The van der Waals surface area contributed by atoms with Crippen LogP contribution in [0.1, 0.15) is 12.8 Å². The van der Waals surface area contributed by atoms with Crippen molar-refractivity contribution in [2.24, 2.45) is 11.0 Å². The Labute approximate surface area is 88.5 Å². The predicted molar refractivity (Wildman–Crippen MR) is 55.2 cm³/mol. The Bertz CT molecular complexity index is 232. The highest BCUT2D eigenvalue weighted by molar-refractivity contribution is 4.80. The molecule has 1 saturated heterocycles. The van der Waals surface area contributed by atoms with Gasteiger partial charge in [-0.15, -0.1) is 0 Å². The number of hydrogen-bond acceptors (Lipinski definition) is 3. The molecule has 0 unspecified atom stereocenters. The lowest BCUT2D eigenvalue weighted by Crippen LogP contribution is -2.44. The van der Waals surface area contributed by atoms with E-state index in [-0.39, 0.29) is 18.7 Å². The van der Waals surface area contributed by atoms with Crippen LogP contribution in [0.15, 0.2) is 5.11 Å². The Kier molecular flexibility index (Phi) is 5.39. The van der Waals surface area contributed by atoms with Crippen LogP contribution in [0.3, 0.4) is 0 Å². The first kappa shape index (κ1) is 12.2. The number of alkyl halides is 1. The van der Waals surface area contributed by atoms with Gasteiger partial charge in [0.15, 0.2) is 0 Å². The topological polar surface area (TPSA) is 72.2 Å². The molecule has 0 saturated carbocycles. The number of likely N-dealkylation sites (tertiary alicyclic amines) is 1. The Morgan fingerprint density at radius 2 is 2.40 bits per heavy atom. The molecule has 6 heteroatoms. The molecule has 2 atom stereocenters. The van der Waals surface area contributed by atoms with Gasteiger partial charge >= 0.3 is 0 Å². The summed E-state index contributed by atoms with van der Waals surface area (Å²) in [6, 6.07) is 0. The lowest BCUT2D eigenvalue weighted by molar-refractivity contribution is 0.0214. The van der Waals surface area contributed by atoms with Crippen LogP contribution in [0.25, 0.3) is 10.4 Å². The monoisotopic (exact) mass is 216 g/mol. The Balaban J connectivity index is 2.32. The fourth-order valence-electron chi connectivity index (χ4n) is 1.95. The number of halogens is 1. The zero-order valence-corrected chi connectivity index (χ0v) is 8.72. The summed E-state index contributed by atoms with van der Waals surface area (Å²) >= 11 is 0. The summed E-state index contributed by atoms with van der Waals surface area (Å²) in [6.07, 6.45) is 0.719. The van der Waals surface area contributed by atoms with Crippen molar-refractivity contribution in [2.45, 2.75) is 18.9 Å². The minimum absolute atomic E-state index is 0.0230. The van der Waals surface area contributed by atoms with E-state index in [0.717, 1.165) is 6.54 Å². The predicted octanol–water partition coefficient (Wildman–Crippen LogP) is 1.34. The zero-order valence-electron chi connectivity index (χ0n) is 8.72. The van der Waals surface area contributed by atoms with Crippen LogP contribution in [-0.2, 0) is 0 Å². The molecule has 5 nitrogen and oxygen atoms in total. The van der Waals surface area contributed by atoms with Gasteiger partial charge in [0.2, 0.25) is 0 Å². The van der Waals surface area contributed by atoms with E-state index in [9.17, 15) is 9.50 Å². The van der Waals surface area contributed by atoms with Gasteiger partial charge in [-0.05, 0) is 18.4 Å². The standard InChI is InChI=1S/C9H17FN4O/c10-3-1-8-7-14(5-2-9(8)15)6-4-12-13-11/h8-9,15H,1-7H2/t8-,9-/m1/s1. The molecule has 1 aliphatic rings. The smallest absolute Gasteiger partial charge is 0.0898 e. The lowest BCUT2D eigenvalue weighted by atomic mass is 9.92. The van der Waals surface area contributed by atoms with Gasteiger partial charge in [0.25, 0.3) is 0 Å². The molecule has 0 aromatic heterocycles. The molecule has 1 N–H and O–H groups in total. The van der Waals surface area contributed by atoms with Crippen LogP contribution in [0.2, 0.25) is 0 Å². The molecule has 0 radical (unpaired) electrons. The van der Waals surface area contributed by atoms with E-state index >= 15 is 0 Å². The van der Waals surface area contributed by atoms with Gasteiger partial charge in [-0.3, -0.25) is 4.39 Å². The average Bonchev–Trinajstić information content (AvgIpc) is 2.23. The van der Waals surface area contributed by atoms with E-state index in [2.05, 4.69) is 14.9 Å². The minimum atomic E-state index is -0.383. The molecule has 0 amide bonds. The first-order chi connectivity index (χ1) is 7.27. The molecule has 15 heavy (non-hydrogen) atoms. The van der Waals surface area contributed by atoms with Gasteiger partial charge in [0.1, 0.15) is 0 Å². The first-order valence-electron chi connectivity index (χ1n) is 5.25. The summed E-state index contributed by atoms with van der Waals surface area (Å²) in [5, 5.41) is 13.1. The largest absolute Gasteiger partial charge is 0.393 e. The average molecular weight is 216 g/mol. The first-order valence-corrected chi connectivity index (χ1v) is 5.25. The summed E-state index contributed by atoms with van der Waals surface area (Å²) in [5.41, 5.74) is 8.12. The van der Waals surface area contributed by atoms with Gasteiger partial charge in [0.05, 0.1) is 12.8 Å². The molecule has 1 aliphatic heterocycles. The van der Waals surface area contributed by atoms with Gasteiger partial charge in [0, 0.05) is 37.0 Å². The zero-order chi connectivity index (χ0) is 11.1. The summed E-state index contributed by atoms with van der Waals surface area (Å²) < 4.78 is 12.2. The molecular weight excluding hydrogens is 199 g/mol. The van der Waals surface area contributed by atoms with Gasteiger partial charge in [-0.25, -0.2) is 0 Å². The molecule has 0 spiro atoms. The maximum Gasteiger partial charge on any atom is 0.0898 e. The molecule has 1 heterocycles. The van der Waals surface area contributed by atoms with E-state index in [1.807, 2.05) is 0 Å². The quantitative estimate of drug-likeness (QED) is 0.428. The lowest BCUT2D eigenvalue weighted by Gasteiger charge is -2.35. The van der Waals surface area contributed by atoms with Crippen LogP contribution in [0.5, 0.6) is 0 Å². The molecule has 0 bridgehead atoms. The third-order valence-corrected chi connectivity index (χ3v) is 2.84. The highest BCUT2D eigenvalue weighted by Crippen LogP contribution is 2.20. The van der Waals surface area contributed by atoms with Crippen LogP contribution in [0, 0.1) is 5.92 Å². The number of rotatable bonds is 5. The minimum Gasteiger partial charge on any atom is -0.393 e. The number of azide groups is 1. The van der Waals surface area contributed by atoms with Crippen molar-refractivity contribution in [3.05, 3.63) is 10.4 Å². The van der Waals surface area contributed by atoms with Crippen LogP contribution in [0.4, 0.5) is 4.39 Å². The fraction of sp³-hybridized carbons (Fsp3) is 1.00. The number of piperidine rings is 1. The third kappa shape index (κ3) is 4.03. The number of aliphatic hydroxyl groups excluding tert-OH is 1. The second-order valence-corrected chi connectivity index (χ2v) is 3.85. The van der Waals surface area contributed by atoms with Crippen molar-refractivity contribution in [3.63, 3.8) is 0 Å². The molecule has 0 aromatic rings. The SMILES string of the molecule is [N-]=[N+]=NCCN1CC[C@@H](O)[C@H](CCF)C1. The Hall–Kier alpha value is -0.840. The maximum absolute atomic E-state index is 12.2. The normalized spacial score (nSPS) is 27.3.